The fraction of sp³-hybridized carbons (Fsp3) is 0.0769. The SMILES string of the molecule is Cc1cccc(Cl)c1NC(=S)NN=Cc1ccc2c(ccc3c2nnn3-c2ccc(OC(F)(F)F)cc2)c1. The fourth-order valence-electron chi connectivity index (χ4n) is 3.89. The van der Waals surface area contributed by atoms with Crippen LogP contribution in [0.15, 0.2) is 77.9 Å². The molecule has 0 amide bonds. The Kier molecular flexibility index (Phi) is 6.87. The Bertz CT molecular complexity index is 1660. The van der Waals surface area contributed by atoms with E-state index < -0.39 is 6.36 Å². The highest BCUT2D eigenvalue weighted by molar-refractivity contribution is 7.80. The molecular formula is C26H18ClF3N6OS. The number of rotatable bonds is 5. The monoisotopic (exact) mass is 554 g/mol. The van der Waals surface area contributed by atoms with Crippen LogP contribution in [0.4, 0.5) is 18.9 Å². The van der Waals surface area contributed by atoms with Crippen molar-refractivity contribution in [3.8, 4) is 11.4 Å². The zero-order valence-electron chi connectivity index (χ0n) is 19.6. The molecule has 0 aliphatic rings. The van der Waals surface area contributed by atoms with Gasteiger partial charge in [-0.2, -0.15) is 5.10 Å². The van der Waals surface area contributed by atoms with Crippen molar-refractivity contribution in [3.63, 3.8) is 0 Å². The lowest BCUT2D eigenvalue weighted by Crippen LogP contribution is -2.24. The van der Waals surface area contributed by atoms with Gasteiger partial charge < -0.3 is 10.1 Å². The second-order valence-electron chi connectivity index (χ2n) is 8.21. The first-order valence-electron chi connectivity index (χ1n) is 11.2. The number of fused-ring (bicyclic) bond motifs is 3. The van der Waals surface area contributed by atoms with Crippen LogP contribution in [-0.2, 0) is 0 Å². The first-order chi connectivity index (χ1) is 18.2. The second-order valence-corrected chi connectivity index (χ2v) is 9.03. The first kappa shape index (κ1) is 25.4. The van der Waals surface area contributed by atoms with Gasteiger partial charge in [0.15, 0.2) is 5.11 Å². The molecule has 0 aliphatic heterocycles. The summed E-state index contributed by atoms with van der Waals surface area (Å²) in [4.78, 5) is 0. The first-order valence-corrected chi connectivity index (χ1v) is 12.0. The van der Waals surface area contributed by atoms with E-state index in [2.05, 4.69) is 30.9 Å². The number of hydrogen-bond donors (Lipinski definition) is 2. The molecule has 7 nitrogen and oxygen atoms in total. The number of alkyl halides is 3. The fourth-order valence-corrected chi connectivity index (χ4v) is 4.32. The molecular weight excluding hydrogens is 537 g/mol. The van der Waals surface area contributed by atoms with Crippen molar-refractivity contribution in [2.75, 3.05) is 5.32 Å². The Hall–Kier alpha value is -4.22. The summed E-state index contributed by atoms with van der Waals surface area (Å²) in [6.07, 6.45) is -3.11. The van der Waals surface area contributed by atoms with Crippen molar-refractivity contribution in [1.82, 2.24) is 20.4 Å². The molecule has 0 spiro atoms. The molecule has 0 bridgehead atoms. The molecule has 0 atom stereocenters. The maximum Gasteiger partial charge on any atom is 0.573 e. The number of nitrogens with one attached hydrogen (secondary N) is 2. The lowest BCUT2D eigenvalue weighted by atomic mass is 10.1. The van der Waals surface area contributed by atoms with Gasteiger partial charge in [0.05, 0.1) is 28.1 Å². The minimum absolute atomic E-state index is 0.301. The highest BCUT2D eigenvalue weighted by Crippen LogP contribution is 2.28. The van der Waals surface area contributed by atoms with Crippen LogP contribution < -0.4 is 15.5 Å². The van der Waals surface area contributed by atoms with Crippen LogP contribution in [0.25, 0.3) is 27.5 Å². The van der Waals surface area contributed by atoms with E-state index in [9.17, 15) is 13.2 Å². The summed E-state index contributed by atoms with van der Waals surface area (Å²) in [7, 11) is 0. The van der Waals surface area contributed by atoms with Crippen molar-refractivity contribution >= 4 is 62.6 Å². The molecule has 192 valence electrons. The Labute approximate surface area is 224 Å². The van der Waals surface area contributed by atoms with Gasteiger partial charge in [-0.3, -0.25) is 5.43 Å². The van der Waals surface area contributed by atoms with E-state index in [0.29, 0.717) is 26.9 Å². The van der Waals surface area contributed by atoms with Crippen molar-refractivity contribution in [3.05, 3.63) is 88.9 Å². The van der Waals surface area contributed by atoms with Crippen LogP contribution in [0.3, 0.4) is 0 Å². The van der Waals surface area contributed by atoms with Crippen molar-refractivity contribution in [1.29, 1.82) is 0 Å². The van der Waals surface area contributed by atoms with Crippen molar-refractivity contribution in [2.24, 2.45) is 5.10 Å². The van der Waals surface area contributed by atoms with Gasteiger partial charge in [0.25, 0.3) is 0 Å². The minimum atomic E-state index is -4.75. The number of anilines is 1. The van der Waals surface area contributed by atoms with E-state index >= 15 is 0 Å². The van der Waals surface area contributed by atoms with E-state index in [4.69, 9.17) is 23.8 Å². The summed E-state index contributed by atoms with van der Waals surface area (Å²) >= 11 is 11.5. The molecule has 4 aromatic carbocycles. The molecule has 0 radical (unpaired) electrons. The van der Waals surface area contributed by atoms with E-state index in [0.717, 1.165) is 27.6 Å². The van der Waals surface area contributed by atoms with Crippen LogP contribution in [0.5, 0.6) is 5.75 Å². The molecule has 12 heteroatoms. The summed E-state index contributed by atoms with van der Waals surface area (Å²) < 4.78 is 42.8. The molecule has 5 rings (SSSR count). The zero-order valence-corrected chi connectivity index (χ0v) is 21.2. The van der Waals surface area contributed by atoms with Crippen LogP contribution in [-0.4, -0.2) is 32.7 Å². The molecule has 0 fully saturated rings. The van der Waals surface area contributed by atoms with Gasteiger partial charge in [0.2, 0.25) is 0 Å². The van der Waals surface area contributed by atoms with E-state index in [1.807, 2.05) is 49.4 Å². The van der Waals surface area contributed by atoms with Gasteiger partial charge in [-0.1, -0.05) is 47.1 Å². The number of aryl methyl sites for hydroxylation is 1. The van der Waals surface area contributed by atoms with E-state index in [-0.39, 0.29) is 5.75 Å². The maximum atomic E-state index is 12.4. The van der Waals surface area contributed by atoms with Gasteiger partial charge >= 0.3 is 6.36 Å². The Morgan fingerprint density at radius 1 is 1.08 bits per heavy atom. The Morgan fingerprint density at radius 2 is 1.87 bits per heavy atom. The quantitative estimate of drug-likeness (QED) is 0.142. The summed E-state index contributed by atoms with van der Waals surface area (Å²) in [6.45, 7) is 1.92. The number of para-hydroxylation sites is 1. The number of halogens is 4. The summed E-state index contributed by atoms with van der Waals surface area (Å²) in [5.74, 6) is -0.310. The predicted molar refractivity (Wildman–Crippen MR) is 146 cm³/mol. The van der Waals surface area contributed by atoms with Crippen molar-refractivity contribution in [2.45, 2.75) is 13.3 Å². The second kappa shape index (κ2) is 10.3. The van der Waals surface area contributed by atoms with Crippen LogP contribution in [0.1, 0.15) is 11.1 Å². The number of thiocarbonyl (C=S) groups is 1. The highest BCUT2D eigenvalue weighted by Gasteiger charge is 2.31. The van der Waals surface area contributed by atoms with E-state index in [1.54, 1.807) is 17.0 Å². The number of aromatic nitrogens is 3. The minimum Gasteiger partial charge on any atom is -0.406 e. The normalized spacial score (nSPS) is 11.8. The smallest absolute Gasteiger partial charge is 0.406 e. The molecule has 0 saturated carbocycles. The third-order valence-corrected chi connectivity index (χ3v) is 6.12. The third-order valence-electron chi connectivity index (χ3n) is 5.61. The Morgan fingerprint density at radius 3 is 2.61 bits per heavy atom. The number of benzene rings is 4. The average molecular weight is 555 g/mol. The molecule has 5 aromatic rings. The van der Waals surface area contributed by atoms with Gasteiger partial charge in [0.1, 0.15) is 11.3 Å². The highest BCUT2D eigenvalue weighted by atomic mass is 35.5. The predicted octanol–water partition coefficient (Wildman–Crippen LogP) is 6.75. The average Bonchev–Trinajstić information content (AvgIpc) is 3.30. The van der Waals surface area contributed by atoms with E-state index in [1.165, 1.54) is 24.3 Å². The van der Waals surface area contributed by atoms with Gasteiger partial charge in [0, 0.05) is 5.39 Å². The topological polar surface area (TPSA) is 76.4 Å². The number of nitrogens with zero attached hydrogens (tertiary/aromatic N) is 4. The Balaban J connectivity index is 1.32. The van der Waals surface area contributed by atoms with Crippen LogP contribution >= 0.6 is 23.8 Å². The zero-order chi connectivity index (χ0) is 26.9. The molecule has 0 aliphatic carbocycles. The number of ether oxygens (including phenoxy) is 1. The summed E-state index contributed by atoms with van der Waals surface area (Å²) in [5, 5.41) is 18.4. The molecule has 2 N–H and O–H groups in total. The number of hydrogen-bond acceptors (Lipinski definition) is 5. The number of hydrazone groups is 1. The maximum absolute atomic E-state index is 12.4. The van der Waals surface area contributed by atoms with Crippen LogP contribution in [0, 0.1) is 6.92 Å². The summed E-state index contributed by atoms with van der Waals surface area (Å²) in [6, 6.07) is 20.5. The summed E-state index contributed by atoms with van der Waals surface area (Å²) in [5.41, 5.74) is 7.19. The lowest BCUT2D eigenvalue weighted by Gasteiger charge is -2.11. The largest absolute Gasteiger partial charge is 0.573 e. The lowest BCUT2D eigenvalue weighted by molar-refractivity contribution is -0.274. The standard InChI is InChI=1S/C26H18ClF3N6OS/c1-15-3-2-4-21(27)23(15)32-25(38)34-31-14-16-5-11-20-17(13-16)6-12-22-24(20)33-35-36(22)18-7-9-19(10-8-18)37-26(28,29)30/h2-14H,1H3,(H2,32,34,38). The van der Waals surface area contributed by atoms with Crippen molar-refractivity contribution < 1.29 is 17.9 Å². The molecule has 1 heterocycles. The molecule has 1 aromatic heterocycles. The van der Waals surface area contributed by atoms with Gasteiger partial charge in [-0.25, -0.2) is 4.68 Å². The molecule has 0 unspecified atom stereocenters. The van der Waals surface area contributed by atoms with Gasteiger partial charge in [-0.05, 0) is 78.1 Å². The molecule has 38 heavy (non-hydrogen) atoms. The molecule has 0 saturated heterocycles. The third kappa shape index (κ3) is 5.53. The van der Waals surface area contributed by atoms with Gasteiger partial charge in [-0.15, -0.1) is 18.3 Å². The van der Waals surface area contributed by atoms with Crippen LogP contribution in [0.2, 0.25) is 5.02 Å².